The summed E-state index contributed by atoms with van der Waals surface area (Å²) >= 11 is 0. The maximum Gasteiger partial charge on any atom is 0.251 e. The fourth-order valence-corrected chi connectivity index (χ4v) is 5.49. The van der Waals surface area contributed by atoms with Crippen molar-refractivity contribution in [3.05, 3.63) is 100 Å². The predicted molar refractivity (Wildman–Crippen MR) is 161 cm³/mol. The van der Waals surface area contributed by atoms with Gasteiger partial charge in [-0.15, -0.1) is 0 Å². The molecular formula is C34H45N3O2. The van der Waals surface area contributed by atoms with E-state index in [4.69, 9.17) is 4.74 Å². The summed E-state index contributed by atoms with van der Waals surface area (Å²) in [5, 5.41) is 3.24. The van der Waals surface area contributed by atoms with E-state index in [1.54, 1.807) is 0 Å². The molecule has 1 unspecified atom stereocenters. The van der Waals surface area contributed by atoms with E-state index in [0.717, 1.165) is 56.8 Å². The minimum absolute atomic E-state index is 0.0446. The predicted octanol–water partition coefficient (Wildman–Crippen LogP) is 6.39. The summed E-state index contributed by atoms with van der Waals surface area (Å²) in [6.45, 7) is 11.6. The molecule has 4 rings (SSSR count). The van der Waals surface area contributed by atoms with Crippen LogP contribution < -0.4 is 10.1 Å². The summed E-state index contributed by atoms with van der Waals surface area (Å²) in [4.78, 5) is 18.2. The fourth-order valence-electron chi connectivity index (χ4n) is 5.49. The van der Waals surface area contributed by atoms with Gasteiger partial charge in [0.15, 0.2) is 0 Å². The van der Waals surface area contributed by atoms with E-state index in [1.165, 1.54) is 28.7 Å². The Kier molecular flexibility index (Phi) is 10.6. The molecule has 0 saturated carbocycles. The van der Waals surface area contributed by atoms with Gasteiger partial charge in [-0.3, -0.25) is 9.69 Å². The minimum atomic E-state index is -0.0446. The van der Waals surface area contributed by atoms with Gasteiger partial charge < -0.3 is 15.0 Å². The third-order valence-electron chi connectivity index (χ3n) is 7.77. The zero-order chi connectivity index (χ0) is 27.6. The number of aryl methyl sites for hydroxylation is 1. The number of hydrogen-bond acceptors (Lipinski definition) is 4. The lowest BCUT2D eigenvalue weighted by molar-refractivity contribution is 0.0934. The van der Waals surface area contributed by atoms with Gasteiger partial charge in [-0.1, -0.05) is 67.9 Å². The van der Waals surface area contributed by atoms with Crippen molar-refractivity contribution in [2.75, 3.05) is 39.8 Å². The van der Waals surface area contributed by atoms with E-state index < -0.39 is 0 Å². The van der Waals surface area contributed by atoms with Crippen molar-refractivity contribution in [2.24, 2.45) is 0 Å². The molecule has 1 N–H and O–H groups in total. The zero-order valence-electron chi connectivity index (χ0n) is 24.2. The second-order valence-electron chi connectivity index (χ2n) is 10.8. The van der Waals surface area contributed by atoms with Crippen LogP contribution in [0.1, 0.15) is 77.3 Å². The van der Waals surface area contributed by atoms with Crippen molar-refractivity contribution in [3.63, 3.8) is 0 Å². The monoisotopic (exact) mass is 527 g/mol. The van der Waals surface area contributed by atoms with Crippen LogP contribution in [-0.4, -0.2) is 55.5 Å². The van der Waals surface area contributed by atoms with Gasteiger partial charge in [0.2, 0.25) is 0 Å². The fraction of sp³-hybridized carbons (Fsp3) is 0.441. The van der Waals surface area contributed by atoms with Crippen LogP contribution in [0.5, 0.6) is 5.75 Å². The lowest BCUT2D eigenvalue weighted by Crippen LogP contribution is -2.38. The summed E-state index contributed by atoms with van der Waals surface area (Å²) in [5.41, 5.74) is 6.77. The quantitative estimate of drug-likeness (QED) is 0.387. The van der Waals surface area contributed by atoms with Crippen LogP contribution in [0.2, 0.25) is 0 Å². The van der Waals surface area contributed by atoms with Gasteiger partial charge in [-0.2, -0.15) is 0 Å². The first-order valence-corrected chi connectivity index (χ1v) is 14.6. The van der Waals surface area contributed by atoms with Gasteiger partial charge in [0.1, 0.15) is 5.75 Å². The minimum Gasteiger partial charge on any atom is -0.493 e. The SMILES string of the molecule is CCN(CC)C(CNC(=O)c1ccc2c(c1)Cc1cccc(c1)CN(C)CCCCCO2)c1ccc(C)cc1. The van der Waals surface area contributed by atoms with E-state index >= 15 is 0 Å². The van der Waals surface area contributed by atoms with E-state index in [0.29, 0.717) is 18.7 Å². The first-order chi connectivity index (χ1) is 19.0. The number of rotatable bonds is 7. The van der Waals surface area contributed by atoms with Gasteiger partial charge in [-0.05, 0) is 93.3 Å². The summed E-state index contributed by atoms with van der Waals surface area (Å²) in [6, 6.07) is 23.5. The van der Waals surface area contributed by atoms with Crippen molar-refractivity contribution in [1.82, 2.24) is 15.1 Å². The molecule has 5 nitrogen and oxygen atoms in total. The molecule has 3 aromatic carbocycles. The Morgan fingerprint density at radius 1 is 0.974 bits per heavy atom. The number of carbonyl (C=O) groups is 1. The van der Waals surface area contributed by atoms with E-state index in [-0.39, 0.29) is 11.9 Å². The van der Waals surface area contributed by atoms with Crippen LogP contribution in [0, 0.1) is 6.92 Å². The molecule has 0 spiro atoms. The summed E-state index contributed by atoms with van der Waals surface area (Å²) < 4.78 is 6.24. The Morgan fingerprint density at radius 2 is 1.74 bits per heavy atom. The third kappa shape index (κ3) is 8.17. The third-order valence-corrected chi connectivity index (χ3v) is 7.77. The molecule has 0 aromatic heterocycles. The Labute approximate surface area is 235 Å². The van der Waals surface area contributed by atoms with Crippen LogP contribution in [0.3, 0.4) is 0 Å². The average molecular weight is 528 g/mol. The topological polar surface area (TPSA) is 44.8 Å². The van der Waals surface area contributed by atoms with Crippen molar-refractivity contribution in [2.45, 2.75) is 59.0 Å². The molecule has 1 aliphatic heterocycles. The van der Waals surface area contributed by atoms with Crippen molar-refractivity contribution < 1.29 is 9.53 Å². The summed E-state index contributed by atoms with van der Waals surface area (Å²) in [6.07, 6.45) is 4.09. The lowest BCUT2D eigenvalue weighted by atomic mass is 9.99. The van der Waals surface area contributed by atoms with Crippen LogP contribution in [-0.2, 0) is 13.0 Å². The smallest absolute Gasteiger partial charge is 0.251 e. The van der Waals surface area contributed by atoms with Crippen LogP contribution in [0.4, 0.5) is 0 Å². The highest BCUT2D eigenvalue weighted by atomic mass is 16.5. The maximum absolute atomic E-state index is 13.4. The highest BCUT2D eigenvalue weighted by Crippen LogP contribution is 2.26. The second-order valence-corrected chi connectivity index (χ2v) is 10.8. The molecule has 1 aliphatic rings. The maximum atomic E-state index is 13.4. The Morgan fingerprint density at radius 3 is 2.51 bits per heavy atom. The summed E-state index contributed by atoms with van der Waals surface area (Å²) in [5.74, 6) is 0.837. The number of nitrogens with zero attached hydrogens (tertiary/aromatic N) is 2. The number of amides is 1. The standard InChI is InChI=1S/C34H45N3O2/c1-5-37(6-2)32(29-15-13-26(3)14-16-29)24-35-34(38)30-17-18-33-31(23-30)22-27-11-10-12-28(21-27)25-36(4)19-8-7-9-20-39-33/h10-18,21,23,32H,5-9,19-20,22,24-25H2,1-4H3,(H,35,38). The molecule has 39 heavy (non-hydrogen) atoms. The Balaban J connectivity index is 1.54. The van der Waals surface area contributed by atoms with Gasteiger partial charge >= 0.3 is 0 Å². The van der Waals surface area contributed by atoms with Crippen molar-refractivity contribution in [1.29, 1.82) is 0 Å². The van der Waals surface area contributed by atoms with Crippen LogP contribution >= 0.6 is 0 Å². The molecule has 0 radical (unpaired) electrons. The molecule has 0 fully saturated rings. The number of nitrogens with one attached hydrogen (secondary N) is 1. The molecular weight excluding hydrogens is 482 g/mol. The largest absolute Gasteiger partial charge is 0.493 e. The molecule has 5 heteroatoms. The zero-order valence-corrected chi connectivity index (χ0v) is 24.2. The van der Waals surface area contributed by atoms with Gasteiger partial charge in [0.25, 0.3) is 5.91 Å². The van der Waals surface area contributed by atoms with Crippen molar-refractivity contribution in [3.8, 4) is 5.75 Å². The van der Waals surface area contributed by atoms with E-state index in [2.05, 4.69) is 91.5 Å². The highest BCUT2D eigenvalue weighted by molar-refractivity contribution is 5.94. The number of fused-ring (bicyclic) bond motifs is 3. The first-order valence-electron chi connectivity index (χ1n) is 14.6. The molecule has 3 aromatic rings. The molecule has 2 bridgehead atoms. The Bertz CT molecular complexity index is 1200. The van der Waals surface area contributed by atoms with Crippen molar-refractivity contribution >= 4 is 5.91 Å². The molecule has 1 heterocycles. The Hall–Kier alpha value is -3.15. The van der Waals surface area contributed by atoms with E-state index in [1.807, 2.05) is 18.2 Å². The van der Waals surface area contributed by atoms with Gasteiger partial charge in [0, 0.05) is 25.1 Å². The van der Waals surface area contributed by atoms with Crippen LogP contribution in [0.15, 0.2) is 66.7 Å². The highest BCUT2D eigenvalue weighted by Gasteiger charge is 2.20. The number of likely N-dealkylation sites (N-methyl/N-ethyl adjacent to an activating group) is 1. The van der Waals surface area contributed by atoms with Gasteiger partial charge in [-0.25, -0.2) is 0 Å². The average Bonchev–Trinajstić information content (AvgIpc) is 2.93. The second kappa shape index (κ2) is 14.3. The lowest BCUT2D eigenvalue weighted by Gasteiger charge is -2.30. The summed E-state index contributed by atoms with van der Waals surface area (Å²) in [7, 11) is 2.19. The first kappa shape index (κ1) is 28.8. The van der Waals surface area contributed by atoms with Gasteiger partial charge in [0.05, 0.1) is 12.6 Å². The molecule has 0 aliphatic carbocycles. The number of ether oxygens (including phenoxy) is 1. The van der Waals surface area contributed by atoms with Crippen LogP contribution in [0.25, 0.3) is 0 Å². The molecule has 0 saturated heterocycles. The molecule has 1 amide bonds. The number of benzene rings is 3. The number of carbonyl (C=O) groups excluding carboxylic acids is 1. The normalized spacial score (nSPS) is 15.6. The molecule has 208 valence electrons. The molecule has 1 atom stereocenters. The number of hydrogen-bond donors (Lipinski definition) is 1. The van der Waals surface area contributed by atoms with E-state index in [9.17, 15) is 4.79 Å².